The molecule has 150 valence electrons. The van der Waals surface area contributed by atoms with Crippen molar-refractivity contribution in [2.45, 2.75) is 49.8 Å². The normalized spacial score (nSPS) is 20.5. The highest BCUT2D eigenvalue weighted by Gasteiger charge is 2.29. The molecule has 0 radical (unpaired) electrons. The molecule has 1 aromatic carbocycles. The zero-order chi connectivity index (χ0) is 19.3. The topological polar surface area (TPSA) is 72.9 Å². The molecule has 1 saturated heterocycles. The van der Waals surface area contributed by atoms with Crippen LogP contribution in [0.15, 0.2) is 29.2 Å². The standard InChI is InChI=1S/C20H29NO5S/c1-2-26-20(22)19(15-16-5-3-4-6-16)17-7-9-18(10-8-17)27(23,24)21-11-13-25-14-12-21/h7-10,16,19H,2-6,11-15H2,1H3. The quantitative estimate of drug-likeness (QED) is 0.664. The average Bonchev–Trinajstić information content (AvgIpc) is 3.20. The van der Waals surface area contributed by atoms with Gasteiger partial charge >= 0.3 is 5.97 Å². The van der Waals surface area contributed by atoms with E-state index in [0.717, 1.165) is 24.8 Å². The minimum Gasteiger partial charge on any atom is -0.466 e. The highest BCUT2D eigenvalue weighted by molar-refractivity contribution is 7.89. The number of esters is 1. The summed E-state index contributed by atoms with van der Waals surface area (Å²) in [6.07, 6.45) is 5.51. The van der Waals surface area contributed by atoms with E-state index in [1.165, 1.54) is 17.1 Å². The Morgan fingerprint density at radius 3 is 2.41 bits per heavy atom. The molecule has 0 amide bonds. The van der Waals surface area contributed by atoms with Gasteiger partial charge in [-0.25, -0.2) is 8.42 Å². The van der Waals surface area contributed by atoms with Gasteiger partial charge in [-0.1, -0.05) is 37.8 Å². The van der Waals surface area contributed by atoms with Crippen LogP contribution in [0.1, 0.15) is 50.5 Å². The predicted molar refractivity (Wildman–Crippen MR) is 102 cm³/mol. The number of hydrogen-bond acceptors (Lipinski definition) is 5. The number of carbonyl (C=O) groups is 1. The first-order valence-electron chi connectivity index (χ1n) is 9.87. The van der Waals surface area contributed by atoms with E-state index < -0.39 is 10.0 Å². The van der Waals surface area contributed by atoms with Crippen molar-refractivity contribution in [1.82, 2.24) is 4.31 Å². The summed E-state index contributed by atoms with van der Waals surface area (Å²) in [5, 5.41) is 0. The van der Waals surface area contributed by atoms with Crippen LogP contribution in [0.3, 0.4) is 0 Å². The van der Waals surface area contributed by atoms with E-state index in [0.29, 0.717) is 38.8 Å². The first-order valence-corrected chi connectivity index (χ1v) is 11.3. The van der Waals surface area contributed by atoms with Gasteiger partial charge in [0.2, 0.25) is 10.0 Å². The van der Waals surface area contributed by atoms with Gasteiger partial charge in [0, 0.05) is 13.1 Å². The third kappa shape index (κ3) is 4.89. The summed E-state index contributed by atoms with van der Waals surface area (Å²) in [5.41, 5.74) is 0.835. The Morgan fingerprint density at radius 2 is 1.81 bits per heavy atom. The maximum absolute atomic E-state index is 12.8. The lowest BCUT2D eigenvalue weighted by Crippen LogP contribution is -2.40. The van der Waals surface area contributed by atoms with Crippen LogP contribution in [0.2, 0.25) is 0 Å². The van der Waals surface area contributed by atoms with Gasteiger partial charge in [0.15, 0.2) is 0 Å². The summed E-state index contributed by atoms with van der Waals surface area (Å²) < 4.78 is 37.5. The SMILES string of the molecule is CCOC(=O)C(CC1CCCC1)c1ccc(S(=O)(=O)N2CCOCC2)cc1. The van der Waals surface area contributed by atoms with E-state index >= 15 is 0 Å². The zero-order valence-electron chi connectivity index (χ0n) is 15.9. The summed E-state index contributed by atoms with van der Waals surface area (Å²) in [4.78, 5) is 12.8. The molecule has 0 aromatic heterocycles. The smallest absolute Gasteiger partial charge is 0.313 e. The summed E-state index contributed by atoms with van der Waals surface area (Å²) in [5.74, 6) is -0.00228. The van der Waals surface area contributed by atoms with E-state index in [4.69, 9.17) is 9.47 Å². The van der Waals surface area contributed by atoms with Crippen molar-refractivity contribution in [2.24, 2.45) is 5.92 Å². The fourth-order valence-electron chi connectivity index (χ4n) is 4.00. The van der Waals surface area contributed by atoms with Crippen LogP contribution in [0.5, 0.6) is 0 Å². The first kappa shape index (κ1) is 20.3. The number of morpholine rings is 1. The van der Waals surface area contributed by atoms with E-state index in [-0.39, 0.29) is 16.8 Å². The van der Waals surface area contributed by atoms with Gasteiger partial charge in [0.25, 0.3) is 0 Å². The highest BCUT2D eigenvalue weighted by Crippen LogP contribution is 2.35. The fraction of sp³-hybridized carbons (Fsp3) is 0.650. The van der Waals surface area contributed by atoms with Crippen molar-refractivity contribution in [3.05, 3.63) is 29.8 Å². The minimum atomic E-state index is -3.52. The van der Waals surface area contributed by atoms with Crippen molar-refractivity contribution in [2.75, 3.05) is 32.9 Å². The molecular weight excluding hydrogens is 366 g/mol. The molecule has 3 rings (SSSR count). The van der Waals surface area contributed by atoms with Crippen LogP contribution < -0.4 is 0 Å². The number of benzene rings is 1. The van der Waals surface area contributed by atoms with Gasteiger partial charge in [-0.15, -0.1) is 0 Å². The van der Waals surface area contributed by atoms with Crippen molar-refractivity contribution >= 4 is 16.0 Å². The molecule has 1 heterocycles. The fourth-order valence-corrected chi connectivity index (χ4v) is 5.41. The second-order valence-corrected chi connectivity index (χ2v) is 9.21. The van der Waals surface area contributed by atoms with Crippen LogP contribution in [0, 0.1) is 5.92 Å². The Bertz CT molecular complexity index is 719. The van der Waals surface area contributed by atoms with Gasteiger partial charge < -0.3 is 9.47 Å². The number of sulfonamides is 1. The number of rotatable bonds is 7. The van der Waals surface area contributed by atoms with E-state index in [9.17, 15) is 13.2 Å². The summed E-state index contributed by atoms with van der Waals surface area (Å²) >= 11 is 0. The Kier molecular flexibility index (Phi) is 6.89. The van der Waals surface area contributed by atoms with Crippen LogP contribution in [0.25, 0.3) is 0 Å². The van der Waals surface area contributed by atoms with Gasteiger partial charge in [0.1, 0.15) is 0 Å². The second-order valence-electron chi connectivity index (χ2n) is 7.28. The Balaban J connectivity index is 1.78. The average molecular weight is 396 g/mol. The lowest BCUT2D eigenvalue weighted by Gasteiger charge is -2.26. The molecule has 0 N–H and O–H groups in total. The van der Waals surface area contributed by atoms with Crippen LogP contribution in [-0.2, 0) is 24.3 Å². The molecule has 1 aliphatic heterocycles. The van der Waals surface area contributed by atoms with Crippen molar-refractivity contribution < 1.29 is 22.7 Å². The molecule has 2 aliphatic rings. The maximum Gasteiger partial charge on any atom is 0.313 e. The number of hydrogen-bond donors (Lipinski definition) is 0. The zero-order valence-corrected chi connectivity index (χ0v) is 16.7. The molecule has 0 spiro atoms. The molecule has 2 fully saturated rings. The summed E-state index contributed by atoms with van der Waals surface area (Å²) in [6, 6.07) is 6.76. The Morgan fingerprint density at radius 1 is 1.19 bits per heavy atom. The molecule has 7 heteroatoms. The number of carbonyl (C=O) groups excluding carboxylic acids is 1. The van der Waals surface area contributed by atoms with Gasteiger partial charge in [-0.3, -0.25) is 4.79 Å². The molecule has 1 aromatic rings. The number of ether oxygens (including phenoxy) is 2. The van der Waals surface area contributed by atoms with Crippen LogP contribution in [-0.4, -0.2) is 51.6 Å². The van der Waals surface area contributed by atoms with Gasteiger partial charge in [-0.2, -0.15) is 4.31 Å². The molecule has 1 atom stereocenters. The molecular formula is C20H29NO5S. The van der Waals surface area contributed by atoms with Gasteiger partial charge in [-0.05, 0) is 37.0 Å². The van der Waals surface area contributed by atoms with Crippen LogP contribution >= 0.6 is 0 Å². The van der Waals surface area contributed by atoms with Gasteiger partial charge in [0.05, 0.1) is 30.6 Å². The monoisotopic (exact) mass is 395 g/mol. The third-order valence-corrected chi connectivity index (χ3v) is 7.42. The molecule has 1 aliphatic carbocycles. The summed E-state index contributed by atoms with van der Waals surface area (Å²) in [6.45, 7) is 3.74. The summed E-state index contributed by atoms with van der Waals surface area (Å²) in [7, 11) is -3.52. The minimum absolute atomic E-state index is 0.215. The van der Waals surface area contributed by atoms with E-state index in [2.05, 4.69) is 0 Å². The predicted octanol–water partition coefficient (Wildman–Crippen LogP) is 2.93. The largest absolute Gasteiger partial charge is 0.466 e. The molecule has 27 heavy (non-hydrogen) atoms. The van der Waals surface area contributed by atoms with Crippen LogP contribution in [0.4, 0.5) is 0 Å². The molecule has 1 unspecified atom stereocenters. The second kappa shape index (κ2) is 9.17. The lowest BCUT2D eigenvalue weighted by atomic mass is 9.88. The molecule has 0 bridgehead atoms. The first-order chi connectivity index (χ1) is 13.0. The Labute approximate surface area is 161 Å². The number of nitrogens with zero attached hydrogens (tertiary/aromatic N) is 1. The van der Waals surface area contributed by atoms with Crippen molar-refractivity contribution in [3.63, 3.8) is 0 Å². The maximum atomic E-state index is 12.8. The van der Waals surface area contributed by atoms with Crippen molar-refractivity contribution in [1.29, 1.82) is 0 Å². The molecule has 6 nitrogen and oxygen atoms in total. The highest BCUT2D eigenvalue weighted by atomic mass is 32.2. The van der Waals surface area contributed by atoms with E-state index in [1.54, 1.807) is 24.3 Å². The lowest BCUT2D eigenvalue weighted by molar-refractivity contribution is -0.145. The Hall–Kier alpha value is -1.44. The third-order valence-electron chi connectivity index (χ3n) is 5.51. The van der Waals surface area contributed by atoms with E-state index in [1.807, 2.05) is 6.92 Å². The molecule has 1 saturated carbocycles. The van der Waals surface area contributed by atoms with Crippen molar-refractivity contribution in [3.8, 4) is 0 Å².